The smallest absolute Gasteiger partial charge is 0.352 e. The fourth-order valence-corrected chi connectivity index (χ4v) is 9.97. The number of carbonyl (C=O) groups is 12. The van der Waals surface area contributed by atoms with Crippen LogP contribution in [0.2, 0.25) is 0 Å². The van der Waals surface area contributed by atoms with Crippen LogP contribution in [0.4, 0.5) is 0 Å². The van der Waals surface area contributed by atoms with Crippen molar-refractivity contribution in [3.63, 3.8) is 0 Å². The molecule has 2 rings (SSSR count). The summed E-state index contributed by atoms with van der Waals surface area (Å²) in [5, 5.41) is 52.0. The summed E-state index contributed by atoms with van der Waals surface area (Å²) in [6, 6.07) is -11.7. The molecular formula is C47H79N13O18S. The van der Waals surface area contributed by atoms with Crippen molar-refractivity contribution in [1.29, 1.82) is 0 Å². The van der Waals surface area contributed by atoms with Gasteiger partial charge in [-0.3, -0.25) is 57.6 Å². The van der Waals surface area contributed by atoms with Crippen LogP contribution in [0, 0.1) is 11.8 Å². The van der Waals surface area contributed by atoms with Crippen LogP contribution in [0.15, 0.2) is 11.3 Å². The average molecular weight is 1150 g/mol. The third kappa shape index (κ3) is 18.8. The van der Waals surface area contributed by atoms with Gasteiger partial charge in [0.2, 0.25) is 47.3 Å². The fourth-order valence-electron chi connectivity index (χ4n) is 8.55. The zero-order valence-corrected chi connectivity index (χ0v) is 45.9. The topological polar surface area (TPSA) is 527 Å². The van der Waals surface area contributed by atoms with Gasteiger partial charge in [0.25, 0.3) is 11.6 Å². The van der Waals surface area contributed by atoms with Crippen molar-refractivity contribution in [1.82, 2.24) is 36.4 Å². The first-order valence-electron chi connectivity index (χ1n) is 25.4. The number of carbonyl (C=O) groups excluding carboxylic acids is 10. The van der Waals surface area contributed by atoms with Crippen molar-refractivity contribution in [2.75, 3.05) is 39.2 Å². The Morgan fingerprint density at radius 2 is 1.35 bits per heavy atom. The molecule has 2 aliphatic rings. The summed E-state index contributed by atoms with van der Waals surface area (Å²) in [7, 11) is 1.11. The van der Waals surface area contributed by atoms with Crippen LogP contribution in [0.3, 0.4) is 0 Å². The zero-order chi connectivity index (χ0) is 60.2. The number of hydrogen-bond donors (Lipinski definition) is 15. The van der Waals surface area contributed by atoms with E-state index in [1.54, 1.807) is 13.8 Å². The molecule has 31 nitrogen and oxygen atoms in total. The number of carboxylic acids is 2. The molecule has 0 spiro atoms. The molecule has 0 aromatic rings. The number of amides is 9. The molecule has 0 aromatic heterocycles. The highest BCUT2D eigenvalue weighted by Gasteiger charge is 2.66. The van der Waals surface area contributed by atoms with Gasteiger partial charge in [0.15, 0.2) is 0 Å². The molecule has 0 aliphatic carbocycles. The van der Waals surface area contributed by atoms with E-state index in [1.165, 1.54) is 20.8 Å². The second kappa shape index (κ2) is 31.9. The molecule has 0 aromatic carbocycles. The molecule has 21 N–H and O–H groups in total. The van der Waals surface area contributed by atoms with Crippen LogP contribution in [0.5, 0.6) is 0 Å². The number of nitrogens with zero attached hydrogens (tertiary/aromatic N) is 2. The van der Waals surface area contributed by atoms with E-state index < -0.39 is 180 Å². The minimum atomic E-state index is -2.09. The highest BCUT2D eigenvalue weighted by atomic mass is 32.2. The number of ether oxygens (including phenoxy) is 2. The number of aliphatic carboxylic acids is 2. The lowest BCUT2D eigenvalue weighted by molar-refractivity contribution is -0.192. The number of thioether (sulfide) groups is 1. The first-order chi connectivity index (χ1) is 37.0. The lowest BCUT2D eigenvalue weighted by Gasteiger charge is -2.55. The highest BCUT2D eigenvalue weighted by molar-refractivity contribution is 8.00. The number of rotatable bonds is 36. The van der Waals surface area contributed by atoms with E-state index in [4.69, 9.17) is 49.0 Å². The Morgan fingerprint density at radius 1 is 0.785 bits per heavy atom. The molecule has 0 bridgehead atoms. The van der Waals surface area contributed by atoms with Crippen LogP contribution in [-0.4, -0.2) is 206 Å². The molecule has 2 heterocycles. The van der Waals surface area contributed by atoms with E-state index in [0.29, 0.717) is 0 Å². The van der Waals surface area contributed by atoms with Crippen molar-refractivity contribution in [2.24, 2.45) is 46.2 Å². The number of primary amides is 2. The Labute approximate surface area is 460 Å². The number of esters is 1. The van der Waals surface area contributed by atoms with E-state index in [-0.39, 0.29) is 69.4 Å². The quantitative estimate of drug-likeness (QED) is 0.0158. The Kier molecular flexibility index (Phi) is 27.7. The van der Waals surface area contributed by atoms with E-state index >= 15 is 0 Å². The molecule has 1 saturated heterocycles. The van der Waals surface area contributed by atoms with Gasteiger partial charge in [-0.2, -0.15) is 0 Å². The molecule has 2 aliphatic heterocycles. The molecule has 0 radical (unpaired) electrons. The van der Waals surface area contributed by atoms with Crippen molar-refractivity contribution < 1.29 is 87.4 Å². The molecule has 2 unspecified atom stereocenters. The Morgan fingerprint density at radius 3 is 1.85 bits per heavy atom. The standard InChI is InChI=1S/C47H79N13O18S/c1-21(2)34(57-39(68)26(11-8-14-48)54-40(69)28(18-61)56-38(67)23(5)50)41(70)55-27(12-9-15-49)42(71)59(35(22(3)4)37(53)66)29(16-31(52)63)30(62)17-33(65)78-19-24-20-79-46-47(77-6,45(76)60(46)36(24)44(74)75)58-32(64)13-7-10-25(51)43(72)73/h21-23,25-30,34-35,46,61-62H,7-20,48-51H2,1-6H3,(H2,52,63)(H2,53,66)(H,54,69)(H,55,70)(H,56,67)(H,57,68)(H,58,64)(H,72,73)(H,74,75)/t23-,25+,26-,27-,28-,29?,30?,34-,35-,46+,47-/m0/s1. The SMILES string of the molecule is CO[C@@]1(NC(=O)CCC[C@@H](N)C(=O)O)C(=O)N2C(C(=O)O)=C(COC(=O)CC(O)C(CC(N)=O)N(C(=O)[C@H](CCCN)NC(=O)[C@@H](NC(=O)[C@H](CCCN)NC(=O)[C@H](CO)NC(=O)[C@H](C)N)C(C)C)[C@H](C(N)=O)C(C)C)CS[C@@H]21. The van der Waals surface area contributed by atoms with Crippen LogP contribution >= 0.6 is 11.8 Å². The predicted molar refractivity (Wildman–Crippen MR) is 279 cm³/mol. The Bertz CT molecular complexity index is 2270. The summed E-state index contributed by atoms with van der Waals surface area (Å²) in [4.78, 5) is 160. The number of nitrogens with two attached hydrogens (primary N) is 6. The van der Waals surface area contributed by atoms with Gasteiger partial charge in [-0.1, -0.05) is 27.7 Å². The Balaban J connectivity index is 2.47. The van der Waals surface area contributed by atoms with Gasteiger partial charge in [0.1, 0.15) is 53.9 Å². The molecule has 446 valence electrons. The summed E-state index contributed by atoms with van der Waals surface area (Å²) in [6.07, 6.45) is -4.37. The summed E-state index contributed by atoms with van der Waals surface area (Å²) >= 11 is 0.939. The van der Waals surface area contributed by atoms with Gasteiger partial charge in [-0.25, -0.2) is 4.79 Å². The van der Waals surface area contributed by atoms with Crippen molar-refractivity contribution in [3.8, 4) is 0 Å². The zero-order valence-electron chi connectivity index (χ0n) is 45.1. The highest BCUT2D eigenvalue weighted by Crippen LogP contribution is 2.46. The second-order valence-corrected chi connectivity index (χ2v) is 20.7. The molecule has 1 fully saturated rings. The van der Waals surface area contributed by atoms with Gasteiger partial charge in [-0.05, 0) is 70.4 Å². The monoisotopic (exact) mass is 1150 g/mol. The second-order valence-electron chi connectivity index (χ2n) is 19.7. The summed E-state index contributed by atoms with van der Waals surface area (Å²) in [5.41, 5.74) is 31.3. The summed E-state index contributed by atoms with van der Waals surface area (Å²) in [5.74, 6) is -14.6. The van der Waals surface area contributed by atoms with E-state index in [0.717, 1.165) is 28.7 Å². The largest absolute Gasteiger partial charge is 0.480 e. The van der Waals surface area contributed by atoms with Gasteiger partial charge >= 0.3 is 17.9 Å². The number of aliphatic hydroxyl groups excluding tert-OH is 2. The number of aliphatic hydroxyl groups is 2. The predicted octanol–water partition coefficient (Wildman–Crippen LogP) is -6.43. The number of nitrogens with one attached hydrogen (secondary N) is 5. The van der Waals surface area contributed by atoms with Crippen molar-refractivity contribution in [2.45, 2.75) is 158 Å². The molecule has 9 amide bonds. The maximum atomic E-state index is 15.0. The number of carboxylic acid groups (broad SMARTS) is 2. The van der Waals surface area contributed by atoms with Crippen LogP contribution in [-0.2, 0) is 67.0 Å². The Hall–Kier alpha value is -6.55. The van der Waals surface area contributed by atoms with Gasteiger partial charge < -0.3 is 95.8 Å². The van der Waals surface area contributed by atoms with E-state index in [9.17, 15) is 72.9 Å². The minimum absolute atomic E-state index is 0.0362. The number of methoxy groups -OCH3 is 1. The molecule has 32 heteroatoms. The van der Waals surface area contributed by atoms with Crippen LogP contribution < -0.4 is 61.0 Å². The van der Waals surface area contributed by atoms with Crippen LogP contribution in [0.25, 0.3) is 0 Å². The van der Waals surface area contributed by atoms with Crippen molar-refractivity contribution >= 4 is 82.8 Å². The van der Waals surface area contributed by atoms with Crippen molar-refractivity contribution in [3.05, 3.63) is 11.3 Å². The maximum absolute atomic E-state index is 15.0. The van der Waals surface area contributed by atoms with Gasteiger partial charge in [0.05, 0.1) is 31.2 Å². The lowest BCUT2D eigenvalue weighted by atomic mass is 9.93. The molecule has 11 atom stereocenters. The first kappa shape index (κ1) is 68.6. The number of fused-ring (bicyclic) bond motifs is 1. The molecular weight excluding hydrogens is 1070 g/mol. The van der Waals surface area contributed by atoms with Gasteiger partial charge in [-0.15, -0.1) is 11.8 Å². The molecule has 79 heavy (non-hydrogen) atoms. The van der Waals surface area contributed by atoms with E-state index in [2.05, 4.69) is 26.6 Å². The number of hydrogen-bond acceptors (Lipinski definition) is 21. The average Bonchev–Trinajstić information content (AvgIpc) is 3.54. The lowest BCUT2D eigenvalue weighted by Crippen LogP contribution is -2.80. The summed E-state index contributed by atoms with van der Waals surface area (Å²) in [6.45, 7) is 5.76. The maximum Gasteiger partial charge on any atom is 0.352 e. The third-order valence-electron chi connectivity index (χ3n) is 12.8. The normalized spacial score (nSPS) is 19.4. The van der Waals surface area contributed by atoms with Crippen LogP contribution in [0.1, 0.15) is 92.4 Å². The summed E-state index contributed by atoms with van der Waals surface area (Å²) < 4.78 is 10.8. The third-order valence-corrected chi connectivity index (χ3v) is 14.2. The first-order valence-corrected chi connectivity index (χ1v) is 26.5. The van der Waals surface area contributed by atoms with Gasteiger partial charge in [0, 0.05) is 31.3 Å². The van der Waals surface area contributed by atoms with E-state index in [1.807, 2.05) is 0 Å². The number of β-lactam (4-membered cyclic amide) rings is 1. The minimum Gasteiger partial charge on any atom is -0.480 e. The molecule has 0 saturated carbocycles. The fraction of sp³-hybridized carbons (Fsp3) is 0.702.